The van der Waals surface area contributed by atoms with Gasteiger partial charge in [-0.1, -0.05) is 6.07 Å². The first-order valence-corrected chi connectivity index (χ1v) is 11.4. The van der Waals surface area contributed by atoms with Crippen molar-refractivity contribution in [1.82, 2.24) is 14.9 Å². The van der Waals surface area contributed by atoms with Crippen LogP contribution in [0.4, 0.5) is 5.69 Å². The molecule has 0 amide bonds. The number of fused-ring (bicyclic) bond motifs is 1. The number of carbonyl (C=O) groups is 1. The van der Waals surface area contributed by atoms with Crippen LogP contribution in [-0.2, 0) is 0 Å². The minimum Gasteiger partial charge on any atom is -0.478 e. The van der Waals surface area contributed by atoms with Crippen LogP contribution in [0.3, 0.4) is 0 Å². The van der Waals surface area contributed by atoms with Crippen LogP contribution in [0, 0.1) is 0 Å². The van der Waals surface area contributed by atoms with Gasteiger partial charge in [0, 0.05) is 35.5 Å². The van der Waals surface area contributed by atoms with Crippen molar-refractivity contribution in [3.8, 4) is 17.2 Å². The van der Waals surface area contributed by atoms with Crippen molar-refractivity contribution in [3.05, 3.63) is 102 Å². The maximum atomic E-state index is 11.3. The Morgan fingerprint density at radius 2 is 1.80 bits per heavy atom. The van der Waals surface area contributed by atoms with Crippen LogP contribution in [0.1, 0.15) is 33.8 Å². The van der Waals surface area contributed by atoms with Crippen molar-refractivity contribution in [1.29, 1.82) is 0 Å². The largest absolute Gasteiger partial charge is 0.478 e. The summed E-state index contributed by atoms with van der Waals surface area (Å²) in [6.07, 6.45) is 3.73. The fourth-order valence-electron chi connectivity index (χ4n) is 4.60. The lowest BCUT2D eigenvalue weighted by Crippen LogP contribution is -2.30. The van der Waals surface area contributed by atoms with E-state index in [2.05, 4.69) is 15.2 Å². The van der Waals surface area contributed by atoms with Crippen molar-refractivity contribution in [2.24, 2.45) is 0 Å². The molecule has 4 aromatic rings. The Morgan fingerprint density at radius 3 is 2.57 bits per heavy atom. The molecular weight excluding hydrogens is 464 g/mol. The number of nitrogens with one attached hydrogen (secondary N) is 1. The standard InChI is InChI=1S/C26H20N4O4S/c31-25(32)16-6-8-17(9-7-16)29-13-3-5-20(29)24-23(19-4-1-2-12-27-19)28-26(35)30(24)18-10-11-21-22(14-18)34-15-33-21/h1-14,23-24H,15H2,(H,28,35)(H,31,32). The van der Waals surface area contributed by atoms with E-state index in [9.17, 15) is 9.90 Å². The first-order valence-electron chi connectivity index (χ1n) is 11.0. The highest BCUT2D eigenvalue weighted by molar-refractivity contribution is 7.80. The minimum absolute atomic E-state index is 0.191. The topological polar surface area (TPSA) is 88.8 Å². The van der Waals surface area contributed by atoms with Gasteiger partial charge in [-0.05, 0) is 72.9 Å². The highest BCUT2D eigenvalue weighted by atomic mass is 32.1. The first kappa shape index (κ1) is 21.2. The summed E-state index contributed by atoms with van der Waals surface area (Å²) in [6, 6.07) is 21.9. The number of thiocarbonyl (C=S) groups is 1. The van der Waals surface area contributed by atoms with E-state index in [1.165, 1.54) is 0 Å². The molecule has 174 valence electrons. The molecular formula is C26H20N4O4S. The van der Waals surface area contributed by atoms with Gasteiger partial charge in [0.25, 0.3) is 0 Å². The summed E-state index contributed by atoms with van der Waals surface area (Å²) in [5.41, 5.74) is 3.77. The maximum Gasteiger partial charge on any atom is 0.335 e. The molecule has 0 spiro atoms. The van der Waals surface area contributed by atoms with Gasteiger partial charge in [-0.2, -0.15) is 0 Å². The molecule has 2 unspecified atom stereocenters. The second kappa shape index (κ2) is 8.44. The zero-order valence-electron chi connectivity index (χ0n) is 18.4. The van der Waals surface area contributed by atoms with Gasteiger partial charge in [0.2, 0.25) is 6.79 Å². The molecule has 6 rings (SSSR count). The van der Waals surface area contributed by atoms with Gasteiger partial charge in [0.05, 0.1) is 17.3 Å². The van der Waals surface area contributed by atoms with Crippen molar-refractivity contribution in [3.63, 3.8) is 0 Å². The molecule has 2 aliphatic heterocycles. The van der Waals surface area contributed by atoms with E-state index >= 15 is 0 Å². The number of aromatic nitrogens is 2. The normalized spacial score (nSPS) is 18.5. The molecule has 0 saturated carbocycles. The Labute approximate surface area is 206 Å². The van der Waals surface area contributed by atoms with Crippen LogP contribution in [0.5, 0.6) is 11.5 Å². The summed E-state index contributed by atoms with van der Waals surface area (Å²) in [5.74, 6) is 0.412. The molecule has 0 bridgehead atoms. The van der Waals surface area contributed by atoms with E-state index in [-0.39, 0.29) is 24.4 Å². The molecule has 35 heavy (non-hydrogen) atoms. The zero-order chi connectivity index (χ0) is 23.9. The number of ether oxygens (including phenoxy) is 2. The van der Waals surface area contributed by atoms with E-state index in [0.29, 0.717) is 16.6 Å². The van der Waals surface area contributed by atoms with E-state index < -0.39 is 5.97 Å². The van der Waals surface area contributed by atoms with Gasteiger partial charge in [-0.15, -0.1) is 0 Å². The summed E-state index contributed by atoms with van der Waals surface area (Å²) in [7, 11) is 0. The first-order chi connectivity index (χ1) is 17.1. The van der Waals surface area contributed by atoms with Gasteiger partial charge < -0.3 is 29.4 Å². The summed E-state index contributed by atoms with van der Waals surface area (Å²) in [5, 5.41) is 13.3. The number of rotatable bonds is 5. The zero-order valence-corrected chi connectivity index (χ0v) is 19.2. The molecule has 9 heteroatoms. The fraction of sp³-hybridized carbons (Fsp3) is 0.115. The number of hydrogen-bond acceptors (Lipinski definition) is 5. The molecule has 2 aromatic carbocycles. The predicted octanol–water partition coefficient (Wildman–Crippen LogP) is 4.48. The highest BCUT2D eigenvalue weighted by Gasteiger charge is 2.42. The molecule has 0 radical (unpaired) electrons. The Bertz CT molecular complexity index is 1420. The molecule has 1 fully saturated rings. The average molecular weight is 485 g/mol. The number of benzene rings is 2. The molecule has 2 atom stereocenters. The van der Waals surface area contributed by atoms with Crippen LogP contribution in [0.15, 0.2) is 85.2 Å². The van der Waals surface area contributed by atoms with Crippen molar-refractivity contribution in [2.75, 3.05) is 11.7 Å². The van der Waals surface area contributed by atoms with Gasteiger partial charge in [0.1, 0.15) is 6.04 Å². The van der Waals surface area contributed by atoms with E-state index in [4.69, 9.17) is 21.7 Å². The van der Waals surface area contributed by atoms with Crippen LogP contribution < -0.4 is 19.7 Å². The lowest BCUT2D eigenvalue weighted by molar-refractivity contribution is 0.0697. The average Bonchev–Trinajstić information content (AvgIpc) is 3.62. The fourth-order valence-corrected chi connectivity index (χ4v) is 4.95. The van der Waals surface area contributed by atoms with Crippen molar-refractivity contribution < 1.29 is 19.4 Å². The Hall–Kier alpha value is -4.37. The number of aromatic carboxylic acids is 1. The van der Waals surface area contributed by atoms with Gasteiger partial charge in [0.15, 0.2) is 16.6 Å². The number of pyridine rings is 1. The molecule has 4 heterocycles. The smallest absolute Gasteiger partial charge is 0.335 e. The van der Waals surface area contributed by atoms with Gasteiger partial charge in [-0.25, -0.2) is 4.79 Å². The SMILES string of the molecule is O=C(O)c1ccc(-n2cccc2C2C(c3ccccn3)NC(=S)N2c2ccc3c(c2)OCO3)cc1. The summed E-state index contributed by atoms with van der Waals surface area (Å²) >= 11 is 5.82. The van der Waals surface area contributed by atoms with Crippen molar-refractivity contribution >= 4 is 29.0 Å². The molecule has 2 aromatic heterocycles. The Morgan fingerprint density at radius 1 is 1.00 bits per heavy atom. The van der Waals surface area contributed by atoms with E-state index in [1.54, 1.807) is 30.5 Å². The van der Waals surface area contributed by atoms with E-state index in [0.717, 1.165) is 22.8 Å². The number of nitrogens with zero attached hydrogens (tertiary/aromatic N) is 3. The van der Waals surface area contributed by atoms with Crippen LogP contribution in [0.2, 0.25) is 0 Å². The number of carboxylic acids is 1. The predicted molar refractivity (Wildman–Crippen MR) is 133 cm³/mol. The van der Waals surface area contributed by atoms with Crippen LogP contribution in [0.25, 0.3) is 5.69 Å². The van der Waals surface area contributed by atoms with Gasteiger partial charge >= 0.3 is 5.97 Å². The second-order valence-electron chi connectivity index (χ2n) is 8.19. The molecule has 0 aliphatic carbocycles. The Kier molecular flexibility index (Phi) is 5.11. The summed E-state index contributed by atoms with van der Waals surface area (Å²) in [6.45, 7) is 0.191. The molecule has 2 N–H and O–H groups in total. The number of carboxylic acid groups (broad SMARTS) is 1. The summed E-state index contributed by atoms with van der Waals surface area (Å²) in [4.78, 5) is 18.0. The second-order valence-corrected chi connectivity index (χ2v) is 8.58. The Balaban J connectivity index is 1.48. The molecule has 8 nitrogen and oxygen atoms in total. The third-order valence-electron chi connectivity index (χ3n) is 6.21. The lowest BCUT2D eigenvalue weighted by atomic mass is 10.0. The summed E-state index contributed by atoms with van der Waals surface area (Å²) < 4.78 is 13.2. The molecule has 1 saturated heterocycles. The minimum atomic E-state index is -0.959. The highest BCUT2D eigenvalue weighted by Crippen LogP contribution is 2.44. The third kappa shape index (κ3) is 3.66. The number of hydrogen-bond donors (Lipinski definition) is 2. The molecule has 2 aliphatic rings. The quantitative estimate of drug-likeness (QED) is 0.401. The lowest BCUT2D eigenvalue weighted by Gasteiger charge is -2.29. The maximum absolute atomic E-state index is 11.3. The van der Waals surface area contributed by atoms with Crippen LogP contribution in [-0.4, -0.2) is 32.5 Å². The van der Waals surface area contributed by atoms with E-state index in [1.807, 2.05) is 59.3 Å². The van der Waals surface area contributed by atoms with Gasteiger partial charge in [-0.3, -0.25) is 4.98 Å². The third-order valence-corrected chi connectivity index (χ3v) is 6.52. The van der Waals surface area contributed by atoms with Crippen LogP contribution >= 0.6 is 12.2 Å². The van der Waals surface area contributed by atoms with Crippen molar-refractivity contribution in [2.45, 2.75) is 12.1 Å². The monoisotopic (exact) mass is 484 g/mol. The number of anilines is 1.